The second-order valence-corrected chi connectivity index (χ2v) is 5.93. The molecule has 1 fully saturated rings. The summed E-state index contributed by atoms with van der Waals surface area (Å²) in [6, 6.07) is 9.41. The summed E-state index contributed by atoms with van der Waals surface area (Å²) in [7, 11) is 1.99. The molecule has 106 valence electrons. The molecule has 1 unspecified atom stereocenters. The maximum absolute atomic E-state index is 4.29. The third kappa shape index (κ3) is 2.78. The van der Waals surface area contributed by atoms with Gasteiger partial charge in [0.15, 0.2) is 0 Å². The van der Waals surface area contributed by atoms with Crippen LogP contribution >= 0.6 is 0 Å². The summed E-state index contributed by atoms with van der Waals surface area (Å²) >= 11 is 0. The summed E-state index contributed by atoms with van der Waals surface area (Å²) in [6.45, 7) is 5.22. The van der Waals surface area contributed by atoms with Gasteiger partial charge in [-0.15, -0.1) is 0 Å². The van der Waals surface area contributed by atoms with Crippen molar-refractivity contribution in [2.75, 3.05) is 0 Å². The predicted octanol–water partition coefficient (Wildman–Crippen LogP) is 3.46. The molecule has 0 bridgehead atoms. The second-order valence-electron chi connectivity index (χ2n) is 5.93. The molecule has 2 aromatic rings. The fourth-order valence-corrected chi connectivity index (χ4v) is 2.60. The van der Waals surface area contributed by atoms with Crippen LogP contribution in [0.25, 0.3) is 0 Å². The van der Waals surface area contributed by atoms with E-state index in [1.54, 1.807) is 0 Å². The van der Waals surface area contributed by atoms with Crippen LogP contribution in [0.2, 0.25) is 0 Å². The van der Waals surface area contributed by atoms with Gasteiger partial charge in [0.1, 0.15) is 0 Å². The first-order valence-electron chi connectivity index (χ1n) is 7.46. The second kappa shape index (κ2) is 5.41. The fourth-order valence-electron chi connectivity index (χ4n) is 2.60. The highest BCUT2D eigenvalue weighted by molar-refractivity contribution is 5.30. The number of aryl methyl sites for hydroxylation is 1. The van der Waals surface area contributed by atoms with Gasteiger partial charge in [0.2, 0.25) is 0 Å². The Bertz CT molecular complexity index is 596. The number of benzene rings is 1. The summed E-state index contributed by atoms with van der Waals surface area (Å²) in [5.74, 6) is 0.822. The summed E-state index contributed by atoms with van der Waals surface area (Å²) in [5.41, 5.74) is 5.40. The Morgan fingerprint density at radius 3 is 2.85 bits per heavy atom. The maximum Gasteiger partial charge on any atom is 0.0537 e. The van der Waals surface area contributed by atoms with Crippen LogP contribution in [-0.4, -0.2) is 9.78 Å². The summed E-state index contributed by atoms with van der Waals surface area (Å²) in [4.78, 5) is 0. The van der Waals surface area contributed by atoms with Crippen molar-refractivity contribution in [1.29, 1.82) is 0 Å². The van der Waals surface area contributed by atoms with E-state index in [1.807, 2.05) is 17.9 Å². The number of nitrogens with one attached hydrogen (secondary N) is 1. The Hall–Kier alpha value is -1.61. The van der Waals surface area contributed by atoms with E-state index in [2.05, 4.69) is 48.5 Å². The number of hydrogen-bond acceptors (Lipinski definition) is 2. The molecule has 3 heteroatoms. The lowest BCUT2D eigenvalue weighted by molar-refractivity contribution is 0.572. The van der Waals surface area contributed by atoms with E-state index in [1.165, 1.54) is 35.2 Å². The van der Waals surface area contributed by atoms with Gasteiger partial charge in [-0.2, -0.15) is 5.10 Å². The first-order valence-corrected chi connectivity index (χ1v) is 7.46. The number of aromatic nitrogens is 2. The molecule has 0 amide bonds. The van der Waals surface area contributed by atoms with Crippen LogP contribution in [-0.2, 0) is 13.6 Å². The van der Waals surface area contributed by atoms with Gasteiger partial charge in [-0.1, -0.05) is 24.3 Å². The minimum absolute atomic E-state index is 0.369. The first kappa shape index (κ1) is 13.4. The Morgan fingerprint density at radius 1 is 1.40 bits per heavy atom. The van der Waals surface area contributed by atoms with Crippen molar-refractivity contribution in [3.8, 4) is 0 Å². The van der Waals surface area contributed by atoms with Crippen molar-refractivity contribution in [1.82, 2.24) is 15.1 Å². The van der Waals surface area contributed by atoms with Gasteiger partial charge >= 0.3 is 0 Å². The van der Waals surface area contributed by atoms with Crippen LogP contribution < -0.4 is 5.32 Å². The molecule has 1 N–H and O–H groups in total. The third-order valence-corrected chi connectivity index (χ3v) is 4.40. The van der Waals surface area contributed by atoms with E-state index in [0.717, 1.165) is 12.5 Å². The molecule has 0 spiro atoms. The summed E-state index contributed by atoms with van der Waals surface area (Å²) in [5, 5.41) is 7.89. The zero-order valence-corrected chi connectivity index (χ0v) is 12.6. The maximum atomic E-state index is 4.29. The largest absolute Gasteiger partial charge is 0.306 e. The molecular formula is C17H23N3. The SMILES string of the molecule is Cc1c(CNC(C)c2cccc(C3CC3)c2)cnn1C. The predicted molar refractivity (Wildman–Crippen MR) is 81.6 cm³/mol. The molecule has 1 aromatic carbocycles. The van der Waals surface area contributed by atoms with Crippen molar-refractivity contribution < 1.29 is 0 Å². The number of rotatable bonds is 5. The minimum Gasteiger partial charge on any atom is -0.306 e. The van der Waals surface area contributed by atoms with Crippen LogP contribution in [0.3, 0.4) is 0 Å². The van der Waals surface area contributed by atoms with Crippen LogP contribution in [0, 0.1) is 6.92 Å². The average molecular weight is 269 g/mol. The molecule has 1 atom stereocenters. The van der Waals surface area contributed by atoms with E-state index in [4.69, 9.17) is 0 Å². The topological polar surface area (TPSA) is 29.9 Å². The van der Waals surface area contributed by atoms with E-state index >= 15 is 0 Å². The van der Waals surface area contributed by atoms with E-state index in [-0.39, 0.29) is 0 Å². The lowest BCUT2D eigenvalue weighted by Crippen LogP contribution is -2.18. The molecule has 1 aliphatic carbocycles. The third-order valence-electron chi connectivity index (χ3n) is 4.40. The molecular weight excluding hydrogens is 246 g/mol. The van der Waals surface area contributed by atoms with Gasteiger partial charge in [0.25, 0.3) is 0 Å². The van der Waals surface area contributed by atoms with Crippen LogP contribution in [0.5, 0.6) is 0 Å². The molecule has 1 aliphatic rings. The highest BCUT2D eigenvalue weighted by atomic mass is 15.3. The molecule has 0 radical (unpaired) electrons. The Labute approximate surface area is 121 Å². The van der Waals surface area contributed by atoms with Gasteiger partial charge in [-0.05, 0) is 43.7 Å². The van der Waals surface area contributed by atoms with Gasteiger partial charge in [-0.25, -0.2) is 0 Å². The standard InChI is InChI=1S/C17H23N3/c1-12(18-10-17-11-19-20(3)13(17)2)15-5-4-6-16(9-15)14-7-8-14/h4-6,9,11-12,14,18H,7-8,10H2,1-3H3. The van der Waals surface area contributed by atoms with Gasteiger partial charge in [-0.3, -0.25) is 4.68 Å². The lowest BCUT2D eigenvalue weighted by atomic mass is 10.0. The fraction of sp³-hybridized carbons (Fsp3) is 0.471. The van der Waals surface area contributed by atoms with E-state index in [0.29, 0.717) is 6.04 Å². The molecule has 0 saturated heterocycles. The van der Waals surface area contributed by atoms with Crippen LogP contribution in [0.4, 0.5) is 0 Å². The molecule has 3 nitrogen and oxygen atoms in total. The quantitative estimate of drug-likeness (QED) is 0.901. The summed E-state index contributed by atoms with van der Waals surface area (Å²) in [6.07, 6.45) is 4.68. The van der Waals surface area contributed by atoms with Crippen molar-refractivity contribution in [3.63, 3.8) is 0 Å². The van der Waals surface area contributed by atoms with Crippen molar-refractivity contribution >= 4 is 0 Å². The van der Waals surface area contributed by atoms with Crippen LogP contribution in [0.1, 0.15) is 54.1 Å². The molecule has 20 heavy (non-hydrogen) atoms. The molecule has 1 heterocycles. The molecule has 3 rings (SSSR count). The van der Waals surface area contributed by atoms with Crippen molar-refractivity contribution in [2.45, 2.75) is 45.2 Å². The number of hydrogen-bond donors (Lipinski definition) is 1. The average Bonchev–Trinajstić information content (AvgIpc) is 3.26. The smallest absolute Gasteiger partial charge is 0.0537 e. The monoisotopic (exact) mass is 269 g/mol. The Balaban J connectivity index is 1.65. The van der Waals surface area contributed by atoms with Crippen molar-refractivity contribution in [2.24, 2.45) is 7.05 Å². The van der Waals surface area contributed by atoms with Crippen LogP contribution in [0.15, 0.2) is 30.5 Å². The highest BCUT2D eigenvalue weighted by Gasteiger charge is 2.23. The Kier molecular flexibility index (Phi) is 3.62. The Morgan fingerprint density at radius 2 is 2.20 bits per heavy atom. The van der Waals surface area contributed by atoms with Gasteiger partial charge < -0.3 is 5.32 Å². The normalized spacial score (nSPS) is 16.4. The van der Waals surface area contributed by atoms with Gasteiger partial charge in [0, 0.05) is 30.9 Å². The highest BCUT2D eigenvalue weighted by Crippen LogP contribution is 2.40. The van der Waals surface area contributed by atoms with Gasteiger partial charge in [0.05, 0.1) is 6.20 Å². The van der Waals surface area contributed by atoms with Crippen molar-refractivity contribution in [3.05, 3.63) is 52.8 Å². The zero-order valence-electron chi connectivity index (χ0n) is 12.6. The first-order chi connectivity index (χ1) is 9.65. The molecule has 0 aliphatic heterocycles. The lowest BCUT2D eigenvalue weighted by Gasteiger charge is -2.15. The van der Waals surface area contributed by atoms with E-state index in [9.17, 15) is 0 Å². The summed E-state index contributed by atoms with van der Waals surface area (Å²) < 4.78 is 1.93. The minimum atomic E-state index is 0.369. The zero-order chi connectivity index (χ0) is 14.1. The molecule has 1 aromatic heterocycles. The number of nitrogens with zero attached hydrogens (tertiary/aromatic N) is 2. The van der Waals surface area contributed by atoms with E-state index < -0.39 is 0 Å². The molecule has 1 saturated carbocycles.